The predicted octanol–water partition coefficient (Wildman–Crippen LogP) is 4.65. The van der Waals surface area contributed by atoms with Crippen molar-refractivity contribution >= 4 is 64.2 Å². The van der Waals surface area contributed by atoms with Crippen molar-refractivity contribution in [1.82, 2.24) is 5.32 Å². The number of nitrogens with one attached hydrogen (secondary N) is 1. The molecule has 196 valence electrons. The minimum Gasteiger partial charge on any atom is -0.484 e. The van der Waals surface area contributed by atoms with Crippen molar-refractivity contribution < 1.29 is 29.0 Å². The lowest BCUT2D eigenvalue weighted by Crippen LogP contribution is -2.57. The Labute approximate surface area is 232 Å². The van der Waals surface area contributed by atoms with Crippen molar-refractivity contribution in [1.29, 1.82) is 0 Å². The lowest BCUT2D eigenvalue weighted by atomic mass is 9.92. The number of ether oxygens (including phenoxy) is 1. The summed E-state index contributed by atoms with van der Waals surface area (Å²) in [6.45, 7) is -0.826. The summed E-state index contributed by atoms with van der Waals surface area (Å²) in [5.74, 6) is -1.41. The van der Waals surface area contributed by atoms with Gasteiger partial charge in [-0.1, -0.05) is 35.3 Å². The molecule has 0 radical (unpaired) electrons. The van der Waals surface area contributed by atoms with Crippen LogP contribution in [0.5, 0.6) is 5.75 Å². The Morgan fingerprint density at radius 2 is 1.53 bits per heavy atom. The molecule has 2 N–H and O–H groups in total. The Kier molecular flexibility index (Phi) is 8.93. The average molecular weight is 573 g/mol. The first-order valence-electron chi connectivity index (χ1n) is 11.4. The zero-order valence-electron chi connectivity index (χ0n) is 19.8. The second-order valence-electron chi connectivity index (χ2n) is 8.32. The fourth-order valence-corrected chi connectivity index (χ4v) is 5.33. The van der Waals surface area contributed by atoms with Crippen LogP contribution >= 0.6 is 35.0 Å². The zero-order valence-corrected chi connectivity index (χ0v) is 22.1. The number of benzene rings is 3. The van der Waals surface area contributed by atoms with Gasteiger partial charge in [0.25, 0.3) is 5.91 Å². The number of carbonyl (C=O) groups excluding carboxylic acids is 3. The van der Waals surface area contributed by atoms with Gasteiger partial charge in [0.05, 0.1) is 11.8 Å². The fourth-order valence-electron chi connectivity index (χ4n) is 3.86. The smallest absolute Gasteiger partial charge is 0.322 e. The van der Waals surface area contributed by atoms with Crippen molar-refractivity contribution in [3.8, 4) is 5.75 Å². The van der Waals surface area contributed by atoms with E-state index in [0.29, 0.717) is 27.0 Å². The monoisotopic (exact) mass is 572 g/mol. The maximum Gasteiger partial charge on any atom is 0.322 e. The summed E-state index contributed by atoms with van der Waals surface area (Å²) in [6, 6.07) is 20.1. The molecule has 3 aromatic carbocycles. The SMILES string of the molecule is O=C(O)CNC(=O)COc1ccc(C2C(SCC(=O)c3ccc(Cl)cc3)C(=O)N2c2ccc(Cl)cc2)cc1. The third-order valence-electron chi connectivity index (χ3n) is 5.74. The molecule has 2 unspecified atom stereocenters. The molecule has 1 heterocycles. The average Bonchev–Trinajstić information content (AvgIpc) is 2.91. The van der Waals surface area contributed by atoms with E-state index in [1.807, 2.05) is 0 Å². The second kappa shape index (κ2) is 12.3. The molecule has 1 aliphatic rings. The molecule has 4 rings (SSSR count). The van der Waals surface area contributed by atoms with Crippen molar-refractivity contribution in [3.05, 3.63) is 94.0 Å². The summed E-state index contributed by atoms with van der Waals surface area (Å²) in [6.07, 6.45) is 0. The van der Waals surface area contributed by atoms with Gasteiger partial charge in [-0.3, -0.25) is 19.2 Å². The number of thioether (sulfide) groups is 1. The Balaban J connectivity index is 1.47. The van der Waals surface area contributed by atoms with Crippen molar-refractivity contribution in [3.63, 3.8) is 0 Å². The van der Waals surface area contributed by atoms with Crippen LogP contribution < -0.4 is 15.0 Å². The van der Waals surface area contributed by atoms with Gasteiger partial charge in [0.1, 0.15) is 17.5 Å². The standard InChI is InChI=1S/C27H22Cl2N2O6S/c28-18-5-1-16(2-6-18)22(32)15-38-26-25(31(27(26)36)20-9-7-19(29)8-10-20)17-3-11-21(12-4-17)37-14-23(33)30-13-24(34)35/h1-12,25-26H,13-15H2,(H,30,33)(H,34,35). The number of Topliss-reactive ketones (excluding diaryl/α,β-unsaturated/α-hetero) is 1. The van der Waals surface area contributed by atoms with E-state index in [1.54, 1.807) is 77.7 Å². The Morgan fingerprint density at radius 1 is 0.921 bits per heavy atom. The molecule has 0 aliphatic carbocycles. The van der Waals surface area contributed by atoms with Crippen LogP contribution in [0.1, 0.15) is 22.0 Å². The van der Waals surface area contributed by atoms with Crippen molar-refractivity contribution in [2.45, 2.75) is 11.3 Å². The summed E-state index contributed by atoms with van der Waals surface area (Å²) in [7, 11) is 0. The highest BCUT2D eigenvalue weighted by Crippen LogP contribution is 2.45. The zero-order chi connectivity index (χ0) is 27.2. The van der Waals surface area contributed by atoms with Gasteiger partial charge in [-0.05, 0) is 66.2 Å². The van der Waals surface area contributed by atoms with Gasteiger partial charge in [0.2, 0.25) is 5.91 Å². The highest BCUT2D eigenvalue weighted by atomic mass is 35.5. The number of nitrogens with zero attached hydrogens (tertiary/aromatic N) is 1. The number of aliphatic carboxylic acids is 1. The number of hydrogen-bond acceptors (Lipinski definition) is 6. The first kappa shape index (κ1) is 27.5. The third-order valence-corrected chi connectivity index (χ3v) is 7.49. The lowest BCUT2D eigenvalue weighted by Gasteiger charge is -2.47. The van der Waals surface area contributed by atoms with Gasteiger partial charge in [-0.15, -0.1) is 11.8 Å². The Morgan fingerprint density at radius 3 is 2.13 bits per heavy atom. The quantitative estimate of drug-likeness (QED) is 0.254. The minimum absolute atomic E-state index is 0.104. The molecule has 2 amide bonds. The van der Waals surface area contributed by atoms with Crippen LogP contribution in [0.4, 0.5) is 5.69 Å². The van der Waals surface area contributed by atoms with E-state index >= 15 is 0 Å². The van der Waals surface area contributed by atoms with Crippen LogP contribution in [0, 0.1) is 0 Å². The molecule has 1 fully saturated rings. The minimum atomic E-state index is -1.15. The van der Waals surface area contributed by atoms with Gasteiger partial charge in [-0.2, -0.15) is 0 Å². The number of carboxylic acids is 1. The van der Waals surface area contributed by atoms with Crippen molar-refractivity contribution in [2.24, 2.45) is 0 Å². The maximum absolute atomic E-state index is 13.2. The summed E-state index contributed by atoms with van der Waals surface area (Å²) in [5.41, 5.74) is 2.02. The number of amides is 2. The van der Waals surface area contributed by atoms with Crippen LogP contribution in [0.3, 0.4) is 0 Å². The summed E-state index contributed by atoms with van der Waals surface area (Å²) in [5, 5.41) is 11.5. The van der Waals surface area contributed by atoms with Crippen LogP contribution in [-0.2, 0) is 14.4 Å². The molecule has 2 atom stereocenters. The predicted molar refractivity (Wildman–Crippen MR) is 146 cm³/mol. The van der Waals surface area contributed by atoms with Gasteiger partial charge in [-0.25, -0.2) is 0 Å². The first-order chi connectivity index (χ1) is 18.2. The maximum atomic E-state index is 13.2. The number of halogens is 2. The van der Waals surface area contributed by atoms with Crippen LogP contribution in [0.25, 0.3) is 0 Å². The molecule has 0 saturated carbocycles. The number of carboxylic acid groups (broad SMARTS) is 1. The number of hydrogen-bond donors (Lipinski definition) is 2. The van der Waals surface area contributed by atoms with E-state index in [0.717, 1.165) is 5.56 Å². The molecule has 1 saturated heterocycles. The fraction of sp³-hybridized carbons (Fsp3) is 0.185. The van der Waals surface area contributed by atoms with Gasteiger partial charge >= 0.3 is 5.97 Å². The highest BCUT2D eigenvalue weighted by Gasteiger charge is 2.49. The lowest BCUT2D eigenvalue weighted by molar-refractivity contribution is -0.138. The van der Waals surface area contributed by atoms with Crippen molar-refractivity contribution in [2.75, 3.05) is 23.8 Å². The number of ketones is 1. The third kappa shape index (κ3) is 6.66. The van der Waals surface area contributed by atoms with Crippen LogP contribution in [0.2, 0.25) is 10.0 Å². The summed E-state index contributed by atoms with van der Waals surface area (Å²) in [4.78, 5) is 49.9. The Hall–Kier alpha value is -3.53. The van der Waals surface area contributed by atoms with E-state index < -0.39 is 23.7 Å². The Bertz CT molecular complexity index is 1330. The molecule has 1 aliphatic heterocycles. The molecular formula is C27H22Cl2N2O6S. The summed E-state index contributed by atoms with van der Waals surface area (Å²) >= 11 is 13.2. The number of rotatable bonds is 11. The molecule has 3 aromatic rings. The molecule has 8 nitrogen and oxygen atoms in total. The van der Waals surface area contributed by atoms with E-state index in [2.05, 4.69) is 5.32 Å². The first-order valence-corrected chi connectivity index (χ1v) is 13.2. The molecule has 38 heavy (non-hydrogen) atoms. The molecule has 0 spiro atoms. The molecule has 11 heteroatoms. The van der Waals surface area contributed by atoms with E-state index in [4.69, 9.17) is 33.0 Å². The number of β-lactam (4-membered cyclic amide) rings is 1. The van der Waals surface area contributed by atoms with E-state index in [9.17, 15) is 19.2 Å². The summed E-state index contributed by atoms with van der Waals surface area (Å²) < 4.78 is 5.44. The molecule has 0 aromatic heterocycles. The number of anilines is 1. The second-order valence-corrected chi connectivity index (χ2v) is 10.3. The molecule has 0 bridgehead atoms. The largest absolute Gasteiger partial charge is 0.484 e. The highest BCUT2D eigenvalue weighted by molar-refractivity contribution is 8.01. The van der Waals surface area contributed by atoms with Crippen LogP contribution in [0.15, 0.2) is 72.8 Å². The normalized spacial score (nSPS) is 16.5. The van der Waals surface area contributed by atoms with Gasteiger partial charge < -0.3 is 20.1 Å². The van der Waals surface area contributed by atoms with E-state index in [1.165, 1.54) is 11.8 Å². The van der Waals surface area contributed by atoms with Crippen LogP contribution in [-0.4, -0.2) is 52.8 Å². The topological polar surface area (TPSA) is 113 Å². The molecular weight excluding hydrogens is 551 g/mol. The number of carbonyl (C=O) groups is 4. The van der Waals surface area contributed by atoms with Gasteiger partial charge in [0.15, 0.2) is 12.4 Å². The van der Waals surface area contributed by atoms with Gasteiger partial charge in [0, 0.05) is 21.3 Å². The van der Waals surface area contributed by atoms with E-state index in [-0.39, 0.29) is 30.1 Å².